The summed E-state index contributed by atoms with van der Waals surface area (Å²) in [5, 5.41) is 15.9. The van der Waals surface area contributed by atoms with Crippen molar-refractivity contribution < 1.29 is 9.90 Å². The number of carbonyl (C=O) groups is 1. The molecule has 5 heteroatoms. The van der Waals surface area contributed by atoms with Gasteiger partial charge in [-0.1, -0.05) is 12.1 Å². The van der Waals surface area contributed by atoms with Gasteiger partial charge in [0.2, 0.25) is 5.91 Å². The quantitative estimate of drug-likeness (QED) is 0.890. The molecule has 0 aliphatic heterocycles. The van der Waals surface area contributed by atoms with E-state index in [-0.39, 0.29) is 24.1 Å². The molecule has 1 fully saturated rings. The second kappa shape index (κ2) is 6.08. The topological polar surface area (TPSA) is 62.2 Å². The minimum atomic E-state index is -0.0204. The van der Waals surface area contributed by atoms with Gasteiger partial charge in [0.1, 0.15) is 10.8 Å². The predicted molar refractivity (Wildman–Crippen MR) is 87.0 cm³/mol. The first-order valence-electron chi connectivity index (χ1n) is 7.53. The van der Waals surface area contributed by atoms with Crippen molar-refractivity contribution in [2.75, 3.05) is 0 Å². The van der Waals surface area contributed by atoms with Gasteiger partial charge < -0.3 is 10.4 Å². The zero-order chi connectivity index (χ0) is 15.7. The first-order chi connectivity index (χ1) is 10.5. The van der Waals surface area contributed by atoms with Gasteiger partial charge in [-0.25, -0.2) is 4.98 Å². The molecule has 116 valence electrons. The highest BCUT2D eigenvalue weighted by molar-refractivity contribution is 7.09. The molecule has 22 heavy (non-hydrogen) atoms. The molecule has 2 aromatic rings. The van der Waals surface area contributed by atoms with Crippen LogP contribution in [0.1, 0.15) is 40.7 Å². The summed E-state index contributed by atoms with van der Waals surface area (Å²) >= 11 is 1.61. The Balaban J connectivity index is 1.67. The van der Waals surface area contributed by atoms with Crippen molar-refractivity contribution >= 4 is 17.2 Å². The van der Waals surface area contributed by atoms with Crippen molar-refractivity contribution in [2.24, 2.45) is 5.92 Å². The number of hydrogen-bond donors (Lipinski definition) is 2. The van der Waals surface area contributed by atoms with Gasteiger partial charge in [0.15, 0.2) is 0 Å². The number of carbonyl (C=O) groups excluding carboxylic acids is 1. The van der Waals surface area contributed by atoms with Crippen LogP contribution in [0.3, 0.4) is 0 Å². The first-order valence-corrected chi connectivity index (χ1v) is 8.41. The molecule has 2 N–H and O–H groups in total. The smallest absolute Gasteiger partial charge is 0.224 e. The van der Waals surface area contributed by atoms with Crippen LogP contribution in [-0.4, -0.2) is 16.0 Å². The number of aromatic hydroxyl groups is 1. The maximum absolute atomic E-state index is 12.3. The van der Waals surface area contributed by atoms with E-state index in [0.717, 1.165) is 34.7 Å². The Morgan fingerprint density at radius 2 is 2.23 bits per heavy atom. The molecular formula is C17H20N2O2S. The Bertz CT molecular complexity index is 692. The van der Waals surface area contributed by atoms with Crippen LogP contribution in [-0.2, 0) is 11.2 Å². The molecule has 1 aliphatic rings. The second-order valence-corrected chi connectivity index (χ2v) is 6.90. The Morgan fingerprint density at radius 3 is 2.82 bits per heavy atom. The molecule has 0 radical (unpaired) electrons. The molecule has 0 spiro atoms. The van der Waals surface area contributed by atoms with Crippen LogP contribution in [0, 0.1) is 19.8 Å². The molecule has 1 aliphatic carbocycles. The number of aromatic nitrogens is 1. The predicted octanol–water partition coefficient (Wildman–Crippen LogP) is 3.28. The number of amides is 1. The average molecular weight is 316 g/mol. The highest BCUT2D eigenvalue weighted by Gasteiger charge is 2.35. The van der Waals surface area contributed by atoms with Crippen LogP contribution in [0.25, 0.3) is 0 Å². The van der Waals surface area contributed by atoms with Crippen molar-refractivity contribution in [1.82, 2.24) is 10.3 Å². The average Bonchev–Trinajstić information content (AvgIpc) is 3.22. The summed E-state index contributed by atoms with van der Waals surface area (Å²) in [7, 11) is 0. The number of benzene rings is 1. The van der Waals surface area contributed by atoms with Crippen molar-refractivity contribution in [3.05, 3.63) is 45.4 Å². The number of phenols is 1. The van der Waals surface area contributed by atoms with Crippen LogP contribution < -0.4 is 5.32 Å². The van der Waals surface area contributed by atoms with Gasteiger partial charge in [-0.15, -0.1) is 11.3 Å². The van der Waals surface area contributed by atoms with E-state index < -0.39 is 0 Å². The fourth-order valence-corrected chi connectivity index (χ4v) is 3.44. The lowest BCUT2D eigenvalue weighted by Crippen LogP contribution is -2.31. The third kappa shape index (κ3) is 3.47. The highest BCUT2D eigenvalue weighted by Crippen LogP contribution is 2.41. The molecule has 0 saturated heterocycles. The molecule has 0 bridgehead atoms. The SMILES string of the molecule is Cc1csc(C(NC(=O)Cc2ccc(C)c(O)c2)C2CC2)n1. The number of aryl methyl sites for hydroxylation is 2. The molecule has 1 amide bonds. The zero-order valence-corrected chi connectivity index (χ0v) is 13.6. The van der Waals surface area contributed by atoms with Gasteiger partial charge in [-0.05, 0) is 49.8 Å². The van der Waals surface area contributed by atoms with Gasteiger partial charge in [0.05, 0.1) is 12.5 Å². The number of rotatable bonds is 5. The monoisotopic (exact) mass is 316 g/mol. The zero-order valence-electron chi connectivity index (χ0n) is 12.8. The van der Waals surface area contributed by atoms with Crippen molar-refractivity contribution in [3.8, 4) is 5.75 Å². The number of hydrogen-bond acceptors (Lipinski definition) is 4. The number of nitrogens with zero attached hydrogens (tertiary/aromatic N) is 1. The molecule has 1 unspecified atom stereocenters. The van der Waals surface area contributed by atoms with Gasteiger partial charge in [0, 0.05) is 11.1 Å². The van der Waals surface area contributed by atoms with E-state index in [0.29, 0.717) is 5.92 Å². The maximum atomic E-state index is 12.3. The maximum Gasteiger partial charge on any atom is 0.224 e. The Kier molecular flexibility index (Phi) is 4.16. The summed E-state index contributed by atoms with van der Waals surface area (Å²) in [5.74, 6) is 0.730. The third-order valence-electron chi connectivity index (χ3n) is 3.95. The van der Waals surface area contributed by atoms with Crippen molar-refractivity contribution in [3.63, 3.8) is 0 Å². The number of phenolic OH excluding ortho intramolecular Hbond substituents is 1. The van der Waals surface area contributed by atoms with Gasteiger partial charge in [0.25, 0.3) is 0 Å². The second-order valence-electron chi connectivity index (χ2n) is 6.01. The Morgan fingerprint density at radius 1 is 1.45 bits per heavy atom. The minimum absolute atomic E-state index is 0.0204. The van der Waals surface area contributed by atoms with Gasteiger partial charge in [-0.2, -0.15) is 0 Å². The molecule has 1 heterocycles. The van der Waals surface area contributed by atoms with Crippen LogP contribution >= 0.6 is 11.3 Å². The standard InChI is InChI=1S/C17H20N2O2S/c1-10-3-4-12(7-14(10)20)8-15(21)19-16(13-5-6-13)17-18-11(2)9-22-17/h3-4,7,9,13,16,20H,5-6,8H2,1-2H3,(H,19,21). The summed E-state index contributed by atoms with van der Waals surface area (Å²) in [6.45, 7) is 3.81. The summed E-state index contributed by atoms with van der Waals surface area (Å²) in [6.07, 6.45) is 2.57. The Labute approximate surface area is 134 Å². The van der Waals surface area contributed by atoms with E-state index in [4.69, 9.17) is 0 Å². The third-order valence-corrected chi connectivity index (χ3v) is 5.00. The van der Waals surface area contributed by atoms with Gasteiger partial charge in [-0.3, -0.25) is 4.79 Å². The van der Waals surface area contributed by atoms with Crippen LogP contribution in [0.4, 0.5) is 0 Å². The van der Waals surface area contributed by atoms with E-state index in [1.165, 1.54) is 0 Å². The van der Waals surface area contributed by atoms with Crippen molar-refractivity contribution in [2.45, 2.75) is 39.2 Å². The Hall–Kier alpha value is -1.88. The minimum Gasteiger partial charge on any atom is -0.508 e. The van der Waals surface area contributed by atoms with Crippen LogP contribution in [0.2, 0.25) is 0 Å². The largest absolute Gasteiger partial charge is 0.508 e. The fourth-order valence-electron chi connectivity index (χ4n) is 2.50. The summed E-state index contributed by atoms with van der Waals surface area (Å²) < 4.78 is 0. The summed E-state index contributed by atoms with van der Waals surface area (Å²) in [5.41, 5.74) is 2.65. The molecule has 1 atom stereocenters. The number of nitrogens with one attached hydrogen (secondary N) is 1. The van der Waals surface area contributed by atoms with Crippen LogP contribution in [0.15, 0.2) is 23.6 Å². The lowest BCUT2D eigenvalue weighted by Gasteiger charge is -2.16. The van der Waals surface area contributed by atoms with E-state index in [2.05, 4.69) is 10.3 Å². The molecule has 3 rings (SSSR count). The van der Waals surface area contributed by atoms with E-state index in [1.807, 2.05) is 31.4 Å². The molecule has 1 saturated carbocycles. The highest BCUT2D eigenvalue weighted by atomic mass is 32.1. The summed E-state index contributed by atoms with van der Waals surface area (Å²) in [4.78, 5) is 16.8. The van der Waals surface area contributed by atoms with E-state index >= 15 is 0 Å². The number of thiazole rings is 1. The lowest BCUT2D eigenvalue weighted by atomic mass is 10.1. The van der Waals surface area contributed by atoms with Gasteiger partial charge >= 0.3 is 0 Å². The first kappa shape index (κ1) is 15.0. The van der Waals surface area contributed by atoms with Crippen LogP contribution in [0.5, 0.6) is 5.75 Å². The van der Waals surface area contributed by atoms with E-state index in [1.54, 1.807) is 17.4 Å². The van der Waals surface area contributed by atoms with Crippen molar-refractivity contribution in [1.29, 1.82) is 0 Å². The molecule has 1 aromatic heterocycles. The summed E-state index contributed by atoms with van der Waals surface area (Å²) in [6, 6.07) is 5.41. The molecular weight excluding hydrogens is 296 g/mol. The fraction of sp³-hybridized carbons (Fsp3) is 0.412. The molecule has 4 nitrogen and oxygen atoms in total. The molecule has 1 aromatic carbocycles. The lowest BCUT2D eigenvalue weighted by molar-refractivity contribution is -0.121. The van der Waals surface area contributed by atoms with E-state index in [9.17, 15) is 9.90 Å². The normalized spacial score (nSPS) is 15.5.